The van der Waals surface area contributed by atoms with E-state index in [4.69, 9.17) is 10.00 Å². The van der Waals surface area contributed by atoms with Gasteiger partial charge < -0.3 is 10.1 Å². The molecule has 3 heterocycles. The summed E-state index contributed by atoms with van der Waals surface area (Å²) in [5.41, 5.74) is 3.03. The molecule has 0 atom stereocenters. The monoisotopic (exact) mass is 424 g/mol. The highest BCUT2D eigenvalue weighted by Gasteiger charge is 2.03. The average Bonchev–Trinajstić information content (AvgIpc) is 3.29. The van der Waals surface area contributed by atoms with Crippen LogP contribution < -0.4 is 5.32 Å². The van der Waals surface area contributed by atoms with Gasteiger partial charge in [0.15, 0.2) is 0 Å². The lowest BCUT2D eigenvalue weighted by Crippen LogP contribution is -2.07. The number of carbonyl (C=O) groups is 1. The van der Waals surface area contributed by atoms with Crippen molar-refractivity contribution in [2.75, 3.05) is 11.9 Å². The van der Waals surface area contributed by atoms with Gasteiger partial charge in [0.2, 0.25) is 5.91 Å². The highest BCUT2D eigenvalue weighted by Crippen LogP contribution is 2.22. The Bertz CT molecular complexity index is 910. The molecule has 0 unspecified atom stereocenters. The van der Waals surface area contributed by atoms with Crippen molar-refractivity contribution in [3.05, 3.63) is 70.5 Å². The second kappa shape index (κ2) is 14.7. The third kappa shape index (κ3) is 9.80. The van der Waals surface area contributed by atoms with Gasteiger partial charge in [0, 0.05) is 36.7 Å². The number of thiazole rings is 1. The molecule has 2 aromatic heterocycles. The molecule has 158 valence electrons. The predicted molar refractivity (Wildman–Crippen MR) is 123 cm³/mol. The van der Waals surface area contributed by atoms with Crippen LogP contribution in [-0.4, -0.2) is 22.5 Å². The molecule has 0 aromatic carbocycles. The van der Waals surface area contributed by atoms with E-state index in [1.165, 1.54) is 30.3 Å². The topological polar surface area (TPSA) is 87.9 Å². The van der Waals surface area contributed by atoms with Crippen LogP contribution in [0.25, 0.3) is 5.57 Å². The van der Waals surface area contributed by atoms with Crippen molar-refractivity contribution in [2.45, 2.75) is 40.5 Å². The minimum Gasteiger partial charge on any atom is -0.501 e. The molecular formula is C23H28N4O2S. The number of anilines is 1. The van der Waals surface area contributed by atoms with Crippen LogP contribution in [0.2, 0.25) is 0 Å². The Kier molecular flexibility index (Phi) is 12.2. The Balaban J connectivity index is 0.000000287. The SMILES string of the molecule is C/C1=C\C(c2nccs2)=CC/C=C/OCC1.CC.CC(=O)Nc1cc(C#N)ccn1. The summed E-state index contributed by atoms with van der Waals surface area (Å²) in [5, 5.41) is 14.1. The van der Waals surface area contributed by atoms with Gasteiger partial charge in [0.25, 0.3) is 0 Å². The van der Waals surface area contributed by atoms with Crippen LogP contribution >= 0.6 is 11.3 Å². The Hall–Kier alpha value is -3.24. The van der Waals surface area contributed by atoms with Gasteiger partial charge in [-0.15, -0.1) is 11.3 Å². The van der Waals surface area contributed by atoms with E-state index in [1.54, 1.807) is 23.7 Å². The van der Waals surface area contributed by atoms with E-state index in [0.717, 1.165) is 24.5 Å². The van der Waals surface area contributed by atoms with Crippen LogP contribution in [0, 0.1) is 11.3 Å². The molecule has 7 heteroatoms. The van der Waals surface area contributed by atoms with Crippen molar-refractivity contribution in [3.63, 3.8) is 0 Å². The van der Waals surface area contributed by atoms with Crippen LogP contribution in [0.5, 0.6) is 0 Å². The largest absolute Gasteiger partial charge is 0.501 e. The van der Waals surface area contributed by atoms with Crippen molar-refractivity contribution < 1.29 is 9.53 Å². The van der Waals surface area contributed by atoms with Gasteiger partial charge in [-0.3, -0.25) is 4.79 Å². The molecule has 0 saturated heterocycles. The fraction of sp³-hybridized carbons (Fsp3) is 0.304. The summed E-state index contributed by atoms with van der Waals surface area (Å²) in [4.78, 5) is 18.8. The van der Waals surface area contributed by atoms with Crippen LogP contribution in [0.3, 0.4) is 0 Å². The standard InChI is InChI=1S/C13H15NOS.C8H7N3O.C2H6/c1-11-5-8-15-7-3-2-4-12(10-11)13-14-6-9-16-13;1-6(12)11-8-4-7(5-9)2-3-10-8;1-2/h3-4,6-7,9-10H,2,5,8H2,1H3;2-4H,1H3,(H,10,11,12);1-2H3/b7-3+,11-10+,12-4?;;. The third-order valence-corrected chi connectivity index (χ3v) is 4.38. The maximum atomic E-state index is 10.6. The number of nitrogens with one attached hydrogen (secondary N) is 1. The molecule has 0 radical (unpaired) electrons. The predicted octanol–water partition coefficient (Wildman–Crippen LogP) is 5.73. The number of hydrogen-bond acceptors (Lipinski definition) is 6. The Labute approximate surface area is 182 Å². The van der Waals surface area contributed by atoms with E-state index >= 15 is 0 Å². The second-order valence-electron chi connectivity index (χ2n) is 5.94. The normalized spacial score (nSPS) is 15.7. The molecule has 1 aliphatic heterocycles. The smallest absolute Gasteiger partial charge is 0.222 e. The number of aromatic nitrogens is 2. The highest BCUT2D eigenvalue weighted by atomic mass is 32.1. The van der Waals surface area contributed by atoms with Crippen LogP contribution in [0.4, 0.5) is 5.82 Å². The van der Waals surface area contributed by atoms with E-state index < -0.39 is 0 Å². The van der Waals surface area contributed by atoms with Crippen molar-refractivity contribution in [2.24, 2.45) is 0 Å². The average molecular weight is 425 g/mol. The molecule has 1 amide bonds. The van der Waals surface area contributed by atoms with Crippen molar-refractivity contribution in [1.29, 1.82) is 5.26 Å². The third-order valence-electron chi connectivity index (χ3n) is 3.55. The van der Waals surface area contributed by atoms with Crippen molar-refractivity contribution in [1.82, 2.24) is 9.97 Å². The first-order valence-corrected chi connectivity index (χ1v) is 10.6. The number of carbonyl (C=O) groups excluding carboxylic acids is 1. The summed E-state index contributed by atoms with van der Waals surface area (Å²) < 4.78 is 5.34. The first-order chi connectivity index (χ1) is 14.6. The zero-order valence-electron chi connectivity index (χ0n) is 17.9. The van der Waals surface area contributed by atoms with E-state index in [0.29, 0.717) is 11.4 Å². The van der Waals surface area contributed by atoms with Gasteiger partial charge in [0.05, 0.1) is 24.5 Å². The molecule has 0 saturated carbocycles. The number of allylic oxidation sites excluding steroid dienone is 4. The quantitative estimate of drug-likeness (QED) is 0.664. The fourth-order valence-corrected chi connectivity index (χ4v) is 2.92. The van der Waals surface area contributed by atoms with Gasteiger partial charge in [-0.25, -0.2) is 9.97 Å². The van der Waals surface area contributed by atoms with E-state index in [2.05, 4.69) is 34.4 Å². The van der Waals surface area contributed by atoms with Crippen LogP contribution in [0.1, 0.15) is 51.1 Å². The van der Waals surface area contributed by atoms with Crippen molar-refractivity contribution in [3.8, 4) is 6.07 Å². The molecule has 1 N–H and O–H groups in total. The molecule has 0 aliphatic carbocycles. The Morgan fingerprint density at radius 1 is 1.30 bits per heavy atom. The Morgan fingerprint density at radius 2 is 2.10 bits per heavy atom. The summed E-state index contributed by atoms with van der Waals surface area (Å²) in [5.74, 6) is 0.208. The summed E-state index contributed by atoms with van der Waals surface area (Å²) in [7, 11) is 0. The molecule has 0 spiro atoms. The summed E-state index contributed by atoms with van der Waals surface area (Å²) in [6.45, 7) is 8.28. The van der Waals surface area contributed by atoms with Gasteiger partial charge in [0.1, 0.15) is 10.8 Å². The minimum atomic E-state index is -0.197. The van der Waals surface area contributed by atoms with Gasteiger partial charge in [-0.05, 0) is 31.6 Å². The first-order valence-electron chi connectivity index (χ1n) is 9.76. The summed E-state index contributed by atoms with van der Waals surface area (Å²) in [6, 6.07) is 5.04. The maximum Gasteiger partial charge on any atom is 0.222 e. The minimum absolute atomic E-state index is 0.197. The lowest BCUT2D eigenvalue weighted by Gasteiger charge is -2.05. The first kappa shape index (κ1) is 24.8. The number of pyridine rings is 1. The zero-order chi connectivity index (χ0) is 22.2. The number of ether oxygens (including phenoxy) is 1. The molecule has 2 aromatic rings. The van der Waals surface area contributed by atoms with E-state index in [1.807, 2.05) is 37.6 Å². The van der Waals surface area contributed by atoms with Crippen LogP contribution in [0.15, 0.2) is 60.0 Å². The second-order valence-corrected chi connectivity index (χ2v) is 6.83. The fourth-order valence-electron chi connectivity index (χ4n) is 2.27. The lowest BCUT2D eigenvalue weighted by molar-refractivity contribution is -0.114. The van der Waals surface area contributed by atoms with Gasteiger partial charge in [-0.2, -0.15) is 5.26 Å². The van der Waals surface area contributed by atoms with Crippen molar-refractivity contribution >= 4 is 28.6 Å². The van der Waals surface area contributed by atoms with E-state index in [-0.39, 0.29) is 5.91 Å². The summed E-state index contributed by atoms with van der Waals surface area (Å²) in [6.07, 6.45) is 13.4. The lowest BCUT2D eigenvalue weighted by atomic mass is 10.1. The molecule has 30 heavy (non-hydrogen) atoms. The molecular weight excluding hydrogens is 396 g/mol. The maximum absolute atomic E-state index is 10.6. The number of nitrogens with zero attached hydrogens (tertiary/aromatic N) is 3. The molecule has 6 nitrogen and oxygen atoms in total. The van der Waals surface area contributed by atoms with Gasteiger partial charge >= 0.3 is 0 Å². The molecule has 0 bridgehead atoms. The Morgan fingerprint density at radius 3 is 2.77 bits per heavy atom. The molecule has 0 fully saturated rings. The zero-order valence-corrected chi connectivity index (χ0v) is 18.7. The van der Waals surface area contributed by atoms with Crippen LogP contribution in [-0.2, 0) is 9.53 Å². The molecule has 3 rings (SSSR count). The number of rotatable bonds is 2. The number of amides is 1. The number of nitriles is 1. The number of hydrogen-bond donors (Lipinski definition) is 1. The van der Waals surface area contributed by atoms with Gasteiger partial charge in [-0.1, -0.05) is 31.6 Å². The van der Waals surface area contributed by atoms with E-state index in [9.17, 15) is 4.79 Å². The highest BCUT2D eigenvalue weighted by molar-refractivity contribution is 7.10. The summed E-state index contributed by atoms with van der Waals surface area (Å²) >= 11 is 1.68. The molecule has 1 aliphatic rings.